The van der Waals surface area contributed by atoms with Gasteiger partial charge in [-0.3, -0.25) is 4.90 Å². The first-order valence-corrected chi connectivity index (χ1v) is 7.44. The van der Waals surface area contributed by atoms with Crippen LogP contribution < -0.4 is 0 Å². The van der Waals surface area contributed by atoms with E-state index in [1.807, 2.05) is 0 Å². The van der Waals surface area contributed by atoms with Crippen molar-refractivity contribution < 1.29 is 4.74 Å². The molecule has 0 N–H and O–H groups in total. The topological polar surface area (TPSA) is 15.7 Å². The molecule has 2 saturated heterocycles. The highest BCUT2D eigenvalue weighted by atomic mass is 16.5. The molecule has 0 aromatic heterocycles. The zero-order valence-electron chi connectivity index (χ0n) is 10.9. The van der Waals surface area contributed by atoms with Gasteiger partial charge in [-0.05, 0) is 24.7 Å². The lowest BCUT2D eigenvalue weighted by Gasteiger charge is -2.28. The summed E-state index contributed by atoms with van der Waals surface area (Å²) in [4.78, 5) is 5.28. The largest absolute Gasteiger partial charge is 0.379 e. The van der Waals surface area contributed by atoms with Gasteiger partial charge in [0.1, 0.15) is 0 Å². The number of nitrogens with zero attached hydrogens (tertiary/aromatic N) is 2. The summed E-state index contributed by atoms with van der Waals surface area (Å²) in [5.74, 6) is 2.07. The molecule has 2 aliphatic heterocycles. The Kier molecular flexibility index (Phi) is 3.99. The van der Waals surface area contributed by atoms with E-state index >= 15 is 0 Å². The molecule has 1 saturated carbocycles. The molecular weight excluding hydrogens is 212 g/mol. The third-order valence-electron chi connectivity index (χ3n) is 4.89. The van der Waals surface area contributed by atoms with Crippen LogP contribution in [-0.2, 0) is 4.74 Å². The number of likely N-dealkylation sites (tertiary alicyclic amines) is 1. The molecule has 0 radical (unpaired) electrons. The second kappa shape index (κ2) is 5.68. The van der Waals surface area contributed by atoms with Gasteiger partial charge >= 0.3 is 0 Å². The van der Waals surface area contributed by atoms with Gasteiger partial charge < -0.3 is 9.64 Å². The van der Waals surface area contributed by atoms with Crippen LogP contribution in [0.5, 0.6) is 0 Å². The number of morpholine rings is 1. The van der Waals surface area contributed by atoms with E-state index in [9.17, 15) is 0 Å². The van der Waals surface area contributed by atoms with Crippen molar-refractivity contribution in [2.24, 2.45) is 11.8 Å². The van der Waals surface area contributed by atoms with E-state index in [1.165, 1.54) is 51.9 Å². The molecule has 2 atom stereocenters. The van der Waals surface area contributed by atoms with E-state index in [2.05, 4.69) is 9.80 Å². The Balaban J connectivity index is 1.40. The average molecular weight is 238 g/mol. The molecule has 0 spiro atoms. The van der Waals surface area contributed by atoms with Crippen LogP contribution in [0.25, 0.3) is 0 Å². The van der Waals surface area contributed by atoms with E-state index < -0.39 is 0 Å². The van der Waals surface area contributed by atoms with E-state index in [4.69, 9.17) is 4.74 Å². The molecule has 0 aromatic rings. The standard InChI is InChI=1S/C14H26N2O/c1-2-4-14-12-16(11-13(14)3-1)6-5-15-7-9-17-10-8-15/h13-14H,1-12H2/t13-,14+. The molecule has 17 heavy (non-hydrogen) atoms. The molecule has 2 heterocycles. The van der Waals surface area contributed by atoms with Crippen molar-refractivity contribution >= 4 is 0 Å². The maximum absolute atomic E-state index is 5.39. The van der Waals surface area contributed by atoms with E-state index in [1.54, 1.807) is 0 Å². The molecule has 0 bridgehead atoms. The van der Waals surface area contributed by atoms with Gasteiger partial charge in [-0.25, -0.2) is 0 Å². The van der Waals surface area contributed by atoms with Crippen molar-refractivity contribution in [1.29, 1.82) is 0 Å². The van der Waals surface area contributed by atoms with Crippen LogP contribution in [0.15, 0.2) is 0 Å². The summed E-state index contributed by atoms with van der Waals surface area (Å²) >= 11 is 0. The van der Waals surface area contributed by atoms with Crippen LogP contribution in [-0.4, -0.2) is 62.3 Å². The molecule has 98 valence electrons. The predicted octanol–water partition coefficient (Wildman–Crippen LogP) is 1.44. The summed E-state index contributed by atoms with van der Waals surface area (Å²) in [5, 5.41) is 0. The van der Waals surface area contributed by atoms with Crippen LogP contribution in [0.3, 0.4) is 0 Å². The van der Waals surface area contributed by atoms with Gasteiger partial charge in [0.15, 0.2) is 0 Å². The molecule has 3 fully saturated rings. The van der Waals surface area contributed by atoms with Gasteiger partial charge in [0.25, 0.3) is 0 Å². The molecule has 3 heteroatoms. The maximum atomic E-state index is 5.39. The Bertz CT molecular complexity index is 226. The van der Waals surface area contributed by atoms with E-state index in [0.29, 0.717) is 0 Å². The molecule has 1 aliphatic carbocycles. The maximum Gasteiger partial charge on any atom is 0.0594 e. The van der Waals surface area contributed by atoms with Crippen molar-refractivity contribution in [2.45, 2.75) is 25.7 Å². The summed E-state index contributed by atoms with van der Waals surface area (Å²) < 4.78 is 5.39. The van der Waals surface area contributed by atoms with Gasteiger partial charge in [-0.2, -0.15) is 0 Å². The Labute approximate surface area is 105 Å². The van der Waals surface area contributed by atoms with Crippen molar-refractivity contribution in [1.82, 2.24) is 9.80 Å². The van der Waals surface area contributed by atoms with E-state index in [-0.39, 0.29) is 0 Å². The van der Waals surface area contributed by atoms with E-state index in [0.717, 1.165) is 38.1 Å². The number of fused-ring (bicyclic) bond motifs is 1. The number of rotatable bonds is 3. The highest BCUT2D eigenvalue weighted by molar-refractivity contribution is 4.87. The summed E-state index contributed by atoms with van der Waals surface area (Å²) in [7, 11) is 0. The average Bonchev–Trinajstić information content (AvgIpc) is 2.80. The van der Waals surface area contributed by atoms with Gasteiger partial charge in [0.2, 0.25) is 0 Å². The fourth-order valence-corrected chi connectivity index (χ4v) is 3.79. The third-order valence-corrected chi connectivity index (χ3v) is 4.89. The van der Waals surface area contributed by atoms with Crippen molar-refractivity contribution in [3.05, 3.63) is 0 Å². The lowest BCUT2D eigenvalue weighted by Crippen LogP contribution is -2.41. The van der Waals surface area contributed by atoms with Gasteiger partial charge in [0.05, 0.1) is 13.2 Å². The lowest BCUT2D eigenvalue weighted by molar-refractivity contribution is 0.0342. The second-order valence-corrected chi connectivity index (χ2v) is 6.02. The minimum Gasteiger partial charge on any atom is -0.379 e. The Hall–Kier alpha value is -0.120. The molecule has 3 rings (SSSR count). The zero-order valence-corrected chi connectivity index (χ0v) is 10.9. The van der Waals surface area contributed by atoms with Crippen molar-refractivity contribution in [3.8, 4) is 0 Å². The molecular formula is C14H26N2O. The van der Waals surface area contributed by atoms with Crippen LogP contribution in [0.4, 0.5) is 0 Å². The molecule has 0 unspecified atom stereocenters. The smallest absolute Gasteiger partial charge is 0.0594 e. The first-order chi connectivity index (χ1) is 8.42. The first kappa shape index (κ1) is 11.9. The fourth-order valence-electron chi connectivity index (χ4n) is 3.79. The monoisotopic (exact) mass is 238 g/mol. The van der Waals surface area contributed by atoms with Crippen LogP contribution in [0, 0.1) is 11.8 Å². The second-order valence-electron chi connectivity index (χ2n) is 6.02. The highest BCUT2D eigenvalue weighted by Gasteiger charge is 2.33. The third kappa shape index (κ3) is 3.01. The minimum absolute atomic E-state index is 0.936. The molecule has 0 amide bonds. The van der Waals surface area contributed by atoms with Crippen LogP contribution >= 0.6 is 0 Å². The Morgan fingerprint density at radius 3 is 2.06 bits per heavy atom. The van der Waals surface area contributed by atoms with Crippen molar-refractivity contribution in [3.63, 3.8) is 0 Å². The summed E-state index contributed by atoms with van der Waals surface area (Å²) in [6, 6.07) is 0. The SMILES string of the molecule is C1CC[C@H]2CN(CCN3CCOCC3)C[C@H]2C1. The fraction of sp³-hybridized carbons (Fsp3) is 1.00. The van der Waals surface area contributed by atoms with Crippen molar-refractivity contribution in [2.75, 3.05) is 52.5 Å². The number of ether oxygens (including phenoxy) is 1. The number of hydrogen-bond donors (Lipinski definition) is 0. The number of hydrogen-bond acceptors (Lipinski definition) is 3. The Morgan fingerprint density at radius 1 is 0.824 bits per heavy atom. The van der Waals surface area contributed by atoms with Crippen LogP contribution in [0.2, 0.25) is 0 Å². The normalized spacial score (nSPS) is 36.0. The summed E-state index contributed by atoms with van der Waals surface area (Å²) in [6.07, 6.45) is 5.97. The summed E-state index contributed by atoms with van der Waals surface area (Å²) in [6.45, 7) is 9.46. The molecule has 0 aromatic carbocycles. The predicted molar refractivity (Wildman–Crippen MR) is 69.1 cm³/mol. The van der Waals surface area contributed by atoms with Gasteiger partial charge in [-0.15, -0.1) is 0 Å². The van der Waals surface area contributed by atoms with Crippen LogP contribution in [0.1, 0.15) is 25.7 Å². The highest BCUT2D eigenvalue weighted by Crippen LogP contribution is 2.35. The van der Waals surface area contributed by atoms with Gasteiger partial charge in [-0.1, -0.05) is 12.8 Å². The Morgan fingerprint density at radius 2 is 1.41 bits per heavy atom. The zero-order chi connectivity index (χ0) is 11.5. The molecule has 3 nitrogen and oxygen atoms in total. The lowest BCUT2D eigenvalue weighted by atomic mass is 9.82. The minimum atomic E-state index is 0.936. The quantitative estimate of drug-likeness (QED) is 0.740. The molecule has 3 aliphatic rings. The first-order valence-electron chi connectivity index (χ1n) is 7.44. The summed E-state index contributed by atoms with van der Waals surface area (Å²) in [5.41, 5.74) is 0. The van der Waals surface area contributed by atoms with Gasteiger partial charge in [0, 0.05) is 39.3 Å².